The summed E-state index contributed by atoms with van der Waals surface area (Å²) < 4.78 is 2.00. The Balaban J connectivity index is 0.00000231. The second-order valence-corrected chi connectivity index (χ2v) is 9.00. The van der Waals surface area contributed by atoms with Crippen LogP contribution in [0.2, 0.25) is 0 Å². The lowest BCUT2D eigenvalue weighted by atomic mass is 9.85. The van der Waals surface area contributed by atoms with Crippen LogP contribution >= 0.6 is 35.3 Å². The van der Waals surface area contributed by atoms with E-state index in [2.05, 4.69) is 32.8 Å². The maximum absolute atomic E-state index is 12.7. The van der Waals surface area contributed by atoms with Gasteiger partial charge in [0.15, 0.2) is 10.9 Å². The van der Waals surface area contributed by atoms with Crippen LogP contribution < -0.4 is 10.6 Å². The molecule has 31 heavy (non-hydrogen) atoms. The van der Waals surface area contributed by atoms with Crippen molar-refractivity contribution in [1.29, 1.82) is 0 Å². The maximum atomic E-state index is 12.7. The van der Waals surface area contributed by atoms with Crippen LogP contribution in [-0.4, -0.2) is 51.7 Å². The van der Waals surface area contributed by atoms with E-state index in [4.69, 9.17) is 0 Å². The van der Waals surface area contributed by atoms with Crippen LogP contribution in [0, 0.1) is 23.7 Å². The third-order valence-electron chi connectivity index (χ3n) is 6.30. The first-order valence-electron chi connectivity index (χ1n) is 10.6. The van der Waals surface area contributed by atoms with Crippen molar-refractivity contribution >= 4 is 58.0 Å². The van der Waals surface area contributed by atoms with Gasteiger partial charge in [-0.2, -0.15) is 0 Å². The molecule has 2 N–H and O–H groups in total. The number of halogens is 1. The van der Waals surface area contributed by atoms with Crippen LogP contribution in [0.25, 0.3) is 4.96 Å². The van der Waals surface area contributed by atoms with Gasteiger partial charge in [0.2, 0.25) is 11.8 Å². The molecular weight excluding hydrogens is 527 g/mol. The molecule has 10 heteroatoms. The fourth-order valence-corrected chi connectivity index (χ4v) is 5.70. The summed E-state index contributed by atoms with van der Waals surface area (Å²) in [6.45, 7) is 4.38. The third-order valence-corrected chi connectivity index (χ3v) is 7.07. The smallest absolute Gasteiger partial charge is 0.233 e. The topological polar surface area (TPSA) is 91.1 Å². The minimum atomic E-state index is -0.108. The van der Waals surface area contributed by atoms with E-state index in [0.29, 0.717) is 32.0 Å². The fourth-order valence-electron chi connectivity index (χ4n) is 4.98. The number of nitrogens with one attached hydrogen (secondary N) is 2. The first-order chi connectivity index (χ1) is 14.7. The Bertz CT molecular complexity index is 972. The number of hydrogen-bond acceptors (Lipinski definition) is 5. The molecule has 1 aliphatic heterocycles. The first kappa shape index (κ1) is 22.3. The highest BCUT2D eigenvalue weighted by atomic mass is 127. The first-order valence-corrected chi connectivity index (χ1v) is 11.5. The van der Waals surface area contributed by atoms with Gasteiger partial charge < -0.3 is 10.6 Å². The monoisotopic (exact) mass is 554 g/mol. The van der Waals surface area contributed by atoms with Gasteiger partial charge in [-0.05, 0) is 31.6 Å². The second kappa shape index (κ2) is 9.27. The van der Waals surface area contributed by atoms with Crippen molar-refractivity contribution in [3.05, 3.63) is 35.6 Å². The van der Waals surface area contributed by atoms with Gasteiger partial charge in [-0.3, -0.25) is 18.9 Å². The van der Waals surface area contributed by atoms with Crippen molar-refractivity contribution in [2.24, 2.45) is 28.7 Å². The van der Waals surface area contributed by atoms with E-state index in [1.165, 1.54) is 4.90 Å². The van der Waals surface area contributed by atoms with Crippen LogP contribution in [0.15, 0.2) is 34.9 Å². The molecule has 3 heterocycles. The maximum Gasteiger partial charge on any atom is 0.233 e. The molecule has 2 aromatic rings. The van der Waals surface area contributed by atoms with Crippen molar-refractivity contribution in [3.8, 4) is 0 Å². The molecule has 4 unspecified atom stereocenters. The second-order valence-electron chi connectivity index (χ2n) is 8.13. The van der Waals surface area contributed by atoms with Crippen LogP contribution in [0.4, 0.5) is 0 Å². The van der Waals surface area contributed by atoms with Gasteiger partial charge in [-0.1, -0.05) is 12.2 Å². The van der Waals surface area contributed by atoms with Gasteiger partial charge in [0.05, 0.1) is 24.1 Å². The average molecular weight is 554 g/mol. The van der Waals surface area contributed by atoms with Gasteiger partial charge in [-0.15, -0.1) is 35.3 Å². The molecule has 2 fully saturated rings. The minimum Gasteiger partial charge on any atom is -0.357 e. The van der Waals surface area contributed by atoms with Crippen molar-refractivity contribution in [1.82, 2.24) is 24.9 Å². The van der Waals surface area contributed by atoms with Gasteiger partial charge >= 0.3 is 0 Å². The van der Waals surface area contributed by atoms with Crippen LogP contribution in [0.3, 0.4) is 0 Å². The lowest BCUT2D eigenvalue weighted by molar-refractivity contribution is -0.140. The lowest BCUT2D eigenvalue weighted by Crippen LogP contribution is -2.40. The Morgan fingerprint density at radius 2 is 1.97 bits per heavy atom. The highest BCUT2D eigenvalue weighted by molar-refractivity contribution is 14.0. The van der Waals surface area contributed by atoms with E-state index in [0.717, 1.165) is 23.6 Å². The molecule has 166 valence electrons. The van der Waals surface area contributed by atoms with Gasteiger partial charge in [0.25, 0.3) is 0 Å². The number of thiazole rings is 1. The summed E-state index contributed by atoms with van der Waals surface area (Å²) in [4.78, 5) is 37.1. The molecule has 2 amide bonds. The van der Waals surface area contributed by atoms with E-state index in [1.807, 2.05) is 29.1 Å². The van der Waals surface area contributed by atoms with Crippen LogP contribution in [0.1, 0.15) is 25.5 Å². The quantitative estimate of drug-likeness (QED) is 0.137. The molecule has 2 aliphatic carbocycles. The number of imidazole rings is 1. The summed E-state index contributed by atoms with van der Waals surface area (Å²) in [6, 6.07) is 0. The number of carbonyl (C=O) groups excluding carboxylic acids is 2. The van der Waals surface area contributed by atoms with Gasteiger partial charge in [-0.25, -0.2) is 9.98 Å². The SMILES string of the molecule is CCNC(=NCc1cn2ccsc2n1)NCCCN1C(=O)C2C3C=CC(C3)C2C1=O.I. The standard InChI is InChI=1S/C21H26N6O2S.HI/c1-2-22-20(24-11-15-12-26-8-9-30-21(26)25-15)23-6-3-7-27-18(28)16-13-4-5-14(10-13)17(16)19(27)29;/h4-5,8-9,12-14,16-17H,2-3,6-7,10-11H2,1H3,(H2,22,23,24);1H. The van der Waals surface area contributed by atoms with E-state index >= 15 is 0 Å². The van der Waals surface area contributed by atoms with Crippen LogP contribution in [0.5, 0.6) is 0 Å². The summed E-state index contributed by atoms with van der Waals surface area (Å²) in [5.74, 6) is 1.10. The Kier molecular flexibility index (Phi) is 6.65. The fraction of sp³-hybridized carbons (Fsp3) is 0.524. The van der Waals surface area contributed by atoms with E-state index in [9.17, 15) is 9.59 Å². The molecule has 1 saturated carbocycles. The Labute approximate surface area is 202 Å². The number of amides is 2. The normalized spacial score (nSPS) is 26.6. The molecule has 4 atom stereocenters. The van der Waals surface area contributed by atoms with Crippen molar-refractivity contribution in [2.45, 2.75) is 26.3 Å². The number of allylic oxidation sites excluding steroid dienone is 2. The largest absolute Gasteiger partial charge is 0.357 e. The number of fused-ring (bicyclic) bond motifs is 6. The van der Waals surface area contributed by atoms with Crippen molar-refractivity contribution < 1.29 is 9.59 Å². The zero-order valence-electron chi connectivity index (χ0n) is 17.4. The molecule has 2 bridgehead atoms. The summed E-state index contributed by atoms with van der Waals surface area (Å²) in [5.41, 5.74) is 0.919. The molecule has 0 radical (unpaired) electrons. The molecule has 0 spiro atoms. The van der Waals surface area contributed by atoms with E-state index in [-0.39, 0.29) is 59.5 Å². The van der Waals surface area contributed by atoms with Gasteiger partial charge in [0, 0.05) is 37.4 Å². The summed E-state index contributed by atoms with van der Waals surface area (Å²) >= 11 is 1.60. The number of imide groups is 1. The number of nitrogens with zero attached hydrogens (tertiary/aromatic N) is 4. The molecule has 8 nitrogen and oxygen atoms in total. The van der Waals surface area contributed by atoms with Gasteiger partial charge in [0.1, 0.15) is 0 Å². The molecule has 5 rings (SSSR count). The summed E-state index contributed by atoms with van der Waals surface area (Å²) in [7, 11) is 0. The predicted molar refractivity (Wildman–Crippen MR) is 130 cm³/mol. The summed E-state index contributed by atoms with van der Waals surface area (Å²) in [6.07, 6.45) is 9.91. The predicted octanol–water partition coefficient (Wildman–Crippen LogP) is 2.27. The molecular formula is C21H27IN6O2S. The number of carbonyl (C=O) groups is 2. The van der Waals surface area contributed by atoms with Crippen LogP contribution in [-0.2, 0) is 16.1 Å². The number of rotatable bonds is 7. The molecule has 2 aromatic heterocycles. The number of aromatic nitrogens is 2. The minimum absolute atomic E-state index is 0. The summed E-state index contributed by atoms with van der Waals surface area (Å²) in [5, 5.41) is 8.53. The lowest BCUT2D eigenvalue weighted by Gasteiger charge is -2.18. The highest BCUT2D eigenvalue weighted by Crippen LogP contribution is 2.52. The zero-order chi connectivity index (χ0) is 20.7. The highest BCUT2D eigenvalue weighted by Gasteiger charge is 2.58. The Morgan fingerprint density at radius 3 is 2.65 bits per heavy atom. The third kappa shape index (κ3) is 4.11. The van der Waals surface area contributed by atoms with E-state index in [1.54, 1.807) is 11.3 Å². The Hall–Kier alpha value is -1.95. The zero-order valence-corrected chi connectivity index (χ0v) is 20.5. The van der Waals surface area contributed by atoms with Crippen molar-refractivity contribution in [3.63, 3.8) is 0 Å². The number of guanidine groups is 1. The van der Waals surface area contributed by atoms with E-state index < -0.39 is 0 Å². The number of hydrogen-bond donors (Lipinski definition) is 2. The average Bonchev–Trinajstić information content (AvgIpc) is 3.52. The Morgan fingerprint density at radius 1 is 1.23 bits per heavy atom. The number of likely N-dealkylation sites (tertiary alicyclic amines) is 1. The van der Waals surface area contributed by atoms with Crippen molar-refractivity contribution in [2.75, 3.05) is 19.6 Å². The molecule has 1 saturated heterocycles. The number of aliphatic imine (C=N–C) groups is 1. The molecule has 0 aromatic carbocycles. The molecule has 3 aliphatic rings.